The lowest BCUT2D eigenvalue weighted by Crippen LogP contribution is -2.15. The van der Waals surface area contributed by atoms with Gasteiger partial charge in [0.15, 0.2) is 0 Å². The highest BCUT2D eigenvalue weighted by atomic mass is 19.3. The molecule has 0 unspecified atom stereocenters. The Hall–Kier alpha value is -3.09. The molecular formula is C17H14F2N4O. The van der Waals surface area contributed by atoms with Crippen molar-refractivity contribution >= 4 is 11.7 Å². The number of hydrogen-bond acceptors (Lipinski definition) is 3. The maximum absolute atomic E-state index is 12.5. The summed E-state index contributed by atoms with van der Waals surface area (Å²) in [4.78, 5) is 16.1. The van der Waals surface area contributed by atoms with Gasteiger partial charge in [-0.05, 0) is 17.7 Å². The van der Waals surface area contributed by atoms with Gasteiger partial charge in [-0.3, -0.25) is 4.79 Å². The van der Waals surface area contributed by atoms with Crippen molar-refractivity contribution in [2.75, 3.05) is 5.32 Å². The fraction of sp³-hybridized carbons (Fsp3) is 0.118. The van der Waals surface area contributed by atoms with Crippen LogP contribution >= 0.6 is 0 Å². The molecule has 0 aliphatic heterocycles. The SMILES string of the molecule is O=C(Cc1ccccc1)Nc1ccc(-c2cnn(C(F)F)c2)cn1. The van der Waals surface area contributed by atoms with Gasteiger partial charge in [0.05, 0.1) is 12.6 Å². The molecule has 1 N–H and O–H groups in total. The summed E-state index contributed by atoms with van der Waals surface area (Å²) in [5, 5.41) is 6.28. The molecule has 1 amide bonds. The lowest BCUT2D eigenvalue weighted by Gasteiger charge is -2.05. The molecular weight excluding hydrogens is 314 g/mol. The number of nitrogens with one attached hydrogen (secondary N) is 1. The van der Waals surface area contributed by atoms with E-state index in [9.17, 15) is 13.6 Å². The van der Waals surface area contributed by atoms with Crippen molar-refractivity contribution in [3.63, 3.8) is 0 Å². The predicted molar refractivity (Wildman–Crippen MR) is 85.5 cm³/mol. The van der Waals surface area contributed by atoms with E-state index in [0.29, 0.717) is 21.6 Å². The number of hydrogen-bond donors (Lipinski definition) is 1. The first-order valence-corrected chi connectivity index (χ1v) is 7.24. The van der Waals surface area contributed by atoms with Crippen LogP contribution in [0.4, 0.5) is 14.6 Å². The molecule has 0 radical (unpaired) electrons. The van der Waals surface area contributed by atoms with E-state index in [4.69, 9.17) is 0 Å². The second kappa shape index (κ2) is 6.99. The minimum Gasteiger partial charge on any atom is -0.310 e. The number of benzene rings is 1. The average Bonchev–Trinajstić information content (AvgIpc) is 3.07. The van der Waals surface area contributed by atoms with Crippen LogP contribution < -0.4 is 5.32 Å². The van der Waals surface area contributed by atoms with Crippen LogP contribution in [0.5, 0.6) is 0 Å². The Kier molecular flexibility index (Phi) is 4.60. The smallest absolute Gasteiger partial charge is 0.310 e. The number of nitrogens with zero attached hydrogens (tertiary/aromatic N) is 3. The summed E-state index contributed by atoms with van der Waals surface area (Å²) in [5.74, 6) is 0.230. The largest absolute Gasteiger partial charge is 0.333 e. The van der Waals surface area contributed by atoms with E-state index in [0.717, 1.165) is 5.56 Å². The third kappa shape index (κ3) is 3.81. The molecule has 0 atom stereocenters. The molecule has 2 aromatic heterocycles. The molecule has 2 heterocycles. The van der Waals surface area contributed by atoms with Crippen LogP contribution in [0.15, 0.2) is 61.1 Å². The maximum atomic E-state index is 12.5. The highest BCUT2D eigenvalue weighted by Gasteiger charge is 2.09. The van der Waals surface area contributed by atoms with Crippen LogP contribution in [0.2, 0.25) is 0 Å². The van der Waals surface area contributed by atoms with Gasteiger partial charge in [-0.2, -0.15) is 13.9 Å². The Morgan fingerprint density at radius 1 is 1.08 bits per heavy atom. The Bertz CT molecular complexity index is 816. The fourth-order valence-corrected chi connectivity index (χ4v) is 2.20. The zero-order valence-corrected chi connectivity index (χ0v) is 12.6. The molecule has 3 aromatic rings. The van der Waals surface area contributed by atoms with Gasteiger partial charge in [0.2, 0.25) is 5.91 Å². The summed E-state index contributed by atoms with van der Waals surface area (Å²) in [6.07, 6.45) is 4.35. The van der Waals surface area contributed by atoms with Crippen molar-refractivity contribution in [3.05, 3.63) is 66.6 Å². The summed E-state index contributed by atoms with van der Waals surface area (Å²) < 4.78 is 25.6. The van der Waals surface area contributed by atoms with Crippen molar-refractivity contribution in [3.8, 4) is 11.1 Å². The van der Waals surface area contributed by atoms with Crippen molar-refractivity contribution in [2.24, 2.45) is 0 Å². The van der Waals surface area contributed by atoms with Crippen molar-refractivity contribution in [2.45, 2.75) is 13.0 Å². The summed E-state index contributed by atoms with van der Waals surface area (Å²) in [6, 6.07) is 12.7. The molecule has 0 fully saturated rings. The summed E-state index contributed by atoms with van der Waals surface area (Å²) in [5.41, 5.74) is 2.08. The quantitative estimate of drug-likeness (QED) is 0.779. The standard InChI is InChI=1S/C17H14F2N4O/c18-17(19)23-11-14(10-21-23)13-6-7-15(20-9-13)22-16(24)8-12-4-2-1-3-5-12/h1-7,9-11,17H,8H2,(H,20,22,24). The molecule has 0 bridgehead atoms. The number of halogens is 2. The molecule has 0 aliphatic rings. The van der Waals surface area contributed by atoms with Crippen LogP contribution in [0.25, 0.3) is 11.1 Å². The van der Waals surface area contributed by atoms with Crippen LogP contribution in [0.3, 0.4) is 0 Å². The Morgan fingerprint density at radius 2 is 1.88 bits per heavy atom. The molecule has 0 saturated heterocycles. The number of pyridine rings is 1. The molecule has 5 nitrogen and oxygen atoms in total. The first kappa shape index (κ1) is 15.8. The Labute approximate surface area is 137 Å². The second-order valence-electron chi connectivity index (χ2n) is 5.13. The van der Waals surface area contributed by atoms with E-state index in [2.05, 4.69) is 15.4 Å². The molecule has 24 heavy (non-hydrogen) atoms. The van der Waals surface area contributed by atoms with Crippen LogP contribution in [-0.2, 0) is 11.2 Å². The number of rotatable bonds is 5. The molecule has 3 rings (SSSR count). The van der Waals surface area contributed by atoms with E-state index in [-0.39, 0.29) is 12.3 Å². The summed E-state index contributed by atoms with van der Waals surface area (Å²) in [6.45, 7) is -2.68. The van der Waals surface area contributed by atoms with Gasteiger partial charge < -0.3 is 5.32 Å². The lowest BCUT2D eigenvalue weighted by molar-refractivity contribution is -0.115. The maximum Gasteiger partial charge on any atom is 0.333 e. The summed E-state index contributed by atoms with van der Waals surface area (Å²) >= 11 is 0. The van der Waals surface area contributed by atoms with Crippen LogP contribution in [0, 0.1) is 0 Å². The molecule has 122 valence electrons. The average molecular weight is 328 g/mol. The topological polar surface area (TPSA) is 59.8 Å². The Balaban J connectivity index is 1.64. The second-order valence-corrected chi connectivity index (χ2v) is 5.13. The monoisotopic (exact) mass is 328 g/mol. The number of aromatic nitrogens is 3. The van der Waals surface area contributed by atoms with Crippen LogP contribution in [0.1, 0.15) is 12.1 Å². The van der Waals surface area contributed by atoms with Gasteiger partial charge in [0.1, 0.15) is 5.82 Å². The fourth-order valence-electron chi connectivity index (χ4n) is 2.20. The first-order valence-electron chi connectivity index (χ1n) is 7.24. The number of alkyl halides is 2. The van der Waals surface area contributed by atoms with Gasteiger partial charge >= 0.3 is 6.55 Å². The number of amides is 1. The Morgan fingerprint density at radius 3 is 2.50 bits per heavy atom. The molecule has 1 aromatic carbocycles. The third-order valence-electron chi connectivity index (χ3n) is 3.37. The highest BCUT2D eigenvalue weighted by molar-refractivity contribution is 5.91. The van der Waals surface area contributed by atoms with E-state index in [1.165, 1.54) is 18.6 Å². The molecule has 0 spiro atoms. The third-order valence-corrected chi connectivity index (χ3v) is 3.37. The normalized spacial score (nSPS) is 10.8. The number of anilines is 1. The molecule has 0 saturated carbocycles. The highest BCUT2D eigenvalue weighted by Crippen LogP contribution is 2.21. The minimum absolute atomic E-state index is 0.174. The van der Waals surface area contributed by atoms with Crippen molar-refractivity contribution in [1.29, 1.82) is 0 Å². The van der Waals surface area contributed by atoms with Gasteiger partial charge in [-0.1, -0.05) is 30.3 Å². The first-order chi connectivity index (χ1) is 11.6. The zero-order valence-electron chi connectivity index (χ0n) is 12.6. The van der Waals surface area contributed by atoms with Crippen molar-refractivity contribution in [1.82, 2.24) is 14.8 Å². The van der Waals surface area contributed by atoms with E-state index < -0.39 is 6.55 Å². The van der Waals surface area contributed by atoms with E-state index >= 15 is 0 Å². The lowest BCUT2D eigenvalue weighted by atomic mass is 10.1. The van der Waals surface area contributed by atoms with E-state index in [1.54, 1.807) is 12.1 Å². The predicted octanol–water partition coefficient (Wildman–Crippen LogP) is 3.52. The van der Waals surface area contributed by atoms with Gasteiger partial charge in [-0.25, -0.2) is 9.67 Å². The number of carbonyl (C=O) groups is 1. The van der Waals surface area contributed by atoms with Gasteiger partial charge in [0.25, 0.3) is 0 Å². The van der Waals surface area contributed by atoms with Crippen LogP contribution in [-0.4, -0.2) is 20.7 Å². The van der Waals surface area contributed by atoms with Crippen molar-refractivity contribution < 1.29 is 13.6 Å². The molecule has 7 heteroatoms. The van der Waals surface area contributed by atoms with Gasteiger partial charge in [-0.15, -0.1) is 0 Å². The zero-order chi connectivity index (χ0) is 16.9. The van der Waals surface area contributed by atoms with E-state index in [1.807, 2.05) is 30.3 Å². The van der Waals surface area contributed by atoms with Gasteiger partial charge in [0, 0.05) is 23.5 Å². The minimum atomic E-state index is -2.68. The molecule has 0 aliphatic carbocycles. The summed E-state index contributed by atoms with van der Waals surface area (Å²) in [7, 11) is 0. The number of carbonyl (C=O) groups excluding carboxylic acids is 1.